The summed E-state index contributed by atoms with van der Waals surface area (Å²) < 4.78 is 16.9. The van der Waals surface area contributed by atoms with Gasteiger partial charge in [-0.15, -0.1) is 0 Å². The summed E-state index contributed by atoms with van der Waals surface area (Å²) in [7, 11) is 0. The van der Waals surface area contributed by atoms with Gasteiger partial charge < -0.3 is 14.2 Å². The molecule has 83 heavy (non-hydrogen) atoms. The van der Waals surface area contributed by atoms with Gasteiger partial charge in [0.25, 0.3) is 0 Å². The first-order valence-corrected chi connectivity index (χ1v) is 33.6. The molecule has 0 saturated heterocycles. The lowest BCUT2D eigenvalue weighted by Gasteiger charge is -2.18. The molecule has 0 aromatic heterocycles. The van der Waals surface area contributed by atoms with Crippen molar-refractivity contribution >= 4 is 17.9 Å². The van der Waals surface area contributed by atoms with E-state index in [-0.39, 0.29) is 37.5 Å². The Balaban J connectivity index is 4.41. The molecule has 0 aliphatic carbocycles. The molecular weight excluding hydrogens is 1020 g/mol. The molecule has 0 amide bonds. The zero-order valence-corrected chi connectivity index (χ0v) is 53.4. The fourth-order valence-corrected chi connectivity index (χ4v) is 8.71. The summed E-state index contributed by atoms with van der Waals surface area (Å²) in [5, 5.41) is 0. The maximum atomic E-state index is 12.9. The minimum Gasteiger partial charge on any atom is -0.462 e. The number of hydrogen-bond acceptors (Lipinski definition) is 6. The van der Waals surface area contributed by atoms with Crippen LogP contribution >= 0.6 is 0 Å². The maximum absolute atomic E-state index is 12.9. The first kappa shape index (κ1) is 77.8. The molecule has 0 saturated carbocycles. The second-order valence-corrected chi connectivity index (χ2v) is 21.6. The zero-order valence-electron chi connectivity index (χ0n) is 53.4. The van der Waals surface area contributed by atoms with Crippen LogP contribution in [0.4, 0.5) is 0 Å². The SMILES string of the molecule is CC/C=C\C/C=C\C/C=C\C/C=C\C/C=C\C/C=C\C/C=C\CCCCCCCCCCCC(=O)OCC(COC(=O)CCCCCCC/C=C\C/C=C\CCCCC)OC(=O)CCCCC/C=C\C/C=C\C/C=C\C/C=C\C/C=C\CC. The summed E-state index contributed by atoms with van der Waals surface area (Å²) in [6.07, 6.45) is 102. The number of carbonyl (C=O) groups excluding carboxylic acids is 3. The molecule has 0 N–H and O–H groups in total. The molecule has 0 aromatic rings. The van der Waals surface area contributed by atoms with Gasteiger partial charge in [0.2, 0.25) is 0 Å². The van der Waals surface area contributed by atoms with Gasteiger partial charge in [-0.1, -0.05) is 274 Å². The Morgan fingerprint density at radius 2 is 0.470 bits per heavy atom. The minimum atomic E-state index is -0.814. The van der Waals surface area contributed by atoms with Crippen molar-refractivity contribution in [3.05, 3.63) is 170 Å². The highest BCUT2D eigenvalue weighted by atomic mass is 16.6. The van der Waals surface area contributed by atoms with Gasteiger partial charge in [-0.25, -0.2) is 0 Å². The fourth-order valence-electron chi connectivity index (χ4n) is 8.71. The number of esters is 3. The predicted molar refractivity (Wildman–Crippen MR) is 361 cm³/mol. The third-order valence-electron chi connectivity index (χ3n) is 13.7. The molecule has 0 heterocycles. The molecule has 0 aliphatic rings. The van der Waals surface area contributed by atoms with Crippen LogP contribution in [-0.2, 0) is 28.6 Å². The average Bonchev–Trinajstić information content (AvgIpc) is 3.49. The first-order valence-electron chi connectivity index (χ1n) is 33.6. The number of allylic oxidation sites excluding steroid dienone is 28. The molecule has 466 valence electrons. The molecule has 0 spiro atoms. The number of ether oxygens (including phenoxy) is 3. The molecular formula is C77H122O6. The standard InChI is InChI=1S/C77H122O6/c1-4-7-10-13-16-19-22-25-28-30-32-33-34-35-36-37-38-39-40-41-42-43-45-46-49-52-55-58-61-64-67-70-76(79)82-73-74(72-81-75(78)69-66-63-60-57-54-51-48-27-24-21-18-15-12-9-6-3)83-77(80)71-68-65-62-59-56-53-50-47-44-31-29-26-23-20-17-14-11-8-5-2/h7-8,10-11,16-21,25-29,32-33,35-36,38-39,41-42,44,47-48,53,56,74H,4-6,9,12-15,22-24,30-31,34,37,40,43,45-46,49-52,54-55,57-73H2,1-3H3/b10-7-,11-8-,19-16-,20-17-,21-18-,28-25-,29-26-,33-32-,36-35-,39-38-,42-41-,47-44-,48-27-,56-53-. The van der Waals surface area contributed by atoms with Crippen LogP contribution in [0.3, 0.4) is 0 Å². The largest absolute Gasteiger partial charge is 0.462 e. The van der Waals surface area contributed by atoms with Crippen molar-refractivity contribution in [2.45, 2.75) is 284 Å². The van der Waals surface area contributed by atoms with Crippen LogP contribution in [-0.4, -0.2) is 37.2 Å². The van der Waals surface area contributed by atoms with Crippen LogP contribution in [0.5, 0.6) is 0 Å². The quantitative estimate of drug-likeness (QED) is 0.0261. The third-order valence-corrected chi connectivity index (χ3v) is 13.7. The Kier molecular flexibility index (Phi) is 64.9. The molecule has 0 rings (SSSR count). The third kappa shape index (κ3) is 67.4. The molecule has 0 fully saturated rings. The van der Waals surface area contributed by atoms with E-state index in [2.05, 4.69) is 191 Å². The van der Waals surface area contributed by atoms with E-state index < -0.39 is 6.10 Å². The van der Waals surface area contributed by atoms with Gasteiger partial charge in [0.1, 0.15) is 13.2 Å². The summed E-state index contributed by atoms with van der Waals surface area (Å²) in [4.78, 5) is 38.4. The Hall–Kier alpha value is -5.23. The van der Waals surface area contributed by atoms with Gasteiger partial charge in [0, 0.05) is 19.3 Å². The van der Waals surface area contributed by atoms with Crippen molar-refractivity contribution < 1.29 is 28.6 Å². The van der Waals surface area contributed by atoms with Crippen LogP contribution in [0, 0.1) is 0 Å². The highest BCUT2D eigenvalue weighted by molar-refractivity contribution is 5.71. The van der Waals surface area contributed by atoms with Crippen LogP contribution in [0.25, 0.3) is 0 Å². The van der Waals surface area contributed by atoms with E-state index in [0.717, 1.165) is 167 Å². The van der Waals surface area contributed by atoms with Crippen molar-refractivity contribution in [3.8, 4) is 0 Å². The van der Waals surface area contributed by atoms with E-state index in [1.165, 1.54) is 64.2 Å². The summed E-state index contributed by atoms with van der Waals surface area (Å²) in [6.45, 7) is 6.34. The van der Waals surface area contributed by atoms with Gasteiger partial charge in [-0.2, -0.15) is 0 Å². The van der Waals surface area contributed by atoms with Crippen molar-refractivity contribution in [2.24, 2.45) is 0 Å². The van der Waals surface area contributed by atoms with Crippen LogP contribution in [0.15, 0.2) is 170 Å². The van der Waals surface area contributed by atoms with E-state index in [9.17, 15) is 14.4 Å². The second-order valence-electron chi connectivity index (χ2n) is 21.6. The second kappa shape index (κ2) is 69.3. The van der Waals surface area contributed by atoms with Crippen LogP contribution in [0.2, 0.25) is 0 Å². The summed E-state index contributed by atoms with van der Waals surface area (Å²) in [5.74, 6) is -0.960. The maximum Gasteiger partial charge on any atom is 0.306 e. The lowest BCUT2D eigenvalue weighted by atomic mass is 10.1. The van der Waals surface area contributed by atoms with E-state index in [0.29, 0.717) is 19.3 Å². The Morgan fingerprint density at radius 3 is 0.747 bits per heavy atom. The highest BCUT2D eigenvalue weighted by Gasteiger charge is 2.19. The monoisotopic (exact) mass is 1140 g/mol. The average molecular weight is 1140 g/mol. The zero-order chi connectivity index (χ0) is 59.9. The van der Waals surface area contributed by atoms with Gasteiger partial charge in [0.05, 0.1) is 0 Å². The molecule has 0 aliphatic heterocycles. The molecule has 0 aromatic carbocycles. The molecule has 6 heteroatoms. The number of rotatable bonds is 59. The summed E-state index contributed by atoms with van der Waals surface area (Å²) >= 11 is 0. The lowest BCUT2D eigenvalue weighted by molar-refractivity contribution is -0.167. The molecule has 6 nitrogen and oxygen atoms in total. The Labute approximate surface area is 511 Å². The normalized spacial score (nSPS) is 13.2. The summed E-state index contributed by atoms with van der Waals surface area (Å²) in [5.41, 5.74) is 0. The molecule has 1 unspecified atom stereocenters. The van der Waals surface area contributed by atoms with Crippen molar-refractivity contribution in [1.29, 1.82) is 0 Å². The fraction of sp³-hybridized carbons (Fsp3) is 0.597. The van der Waals surface area contributed by atoms with E-state index in [1.807, 2.05) is 0 Å². The molecule has 0 radical (unpaired) electrons. The van der Waals surface area contributed by atoms with Crippen LogP contribution < -0.4 is 0 Å². The topological polar surface area (TPSA) is 78.9 Å². The smallest absolute Gasteiger partial charge is 0.306 e. The number of carbonyl (C=O) groups is 3. The van der Waals surface area contributed by atoms with E-state index >= 15 is 0 Å². The van der Waals surface area contributed by atoms with E-state index in [4.69, 9.17) is 14.2 Å². The van der Waals surface area contributed by atoms with Gasteiger partial charge in [-0.05, 0) is 154 Å². The summed E-state index contributed by atoms with van der Waals surface area (Å²) in [6, 6.07) is 0. The molecule has 0 bridgehead atoms. The predicted octanol–water partition coefficient (Wildman–Crippen LogP) is 23.4. The highest BCUT2D eigenvalue weighted by Crippen LogP contribution is 2.14. The van der Waals surface area contributed by atoms with E-state index in [1.54, 1.807) is 0 Å². The van der Waals surface area contributed by atoms with Crippen molar-refractivity contribution in [3.63, 3.8) is 0 Å². The number of hydrogen-bond donors (Lipinski definition) is 0. The minimum absolute atomic E-state index is 0.106. The lowest BCUT2D eigenvalue weighted by Crippen LogP contribution is -2.30. The van der Waals surface area contributed by atoms with Crippen molar-refractivity contribution in [1.82, 2.24) is 0 Å². The van der Waals surface area contributed by atoms with Gasteiger partial charge in [-0.3, -0.25) is 14.4 Å². The Bertz CT molecular complexity index is 1890. The molecule has 1 atom stereocenters. The number of unbranched alkanes of at least 4 members (excludes halogenated alkanes) is 20. The van der Waals surface area contributed by atoms with Gasteiger partial charge in [0.15, 0.2) is 6.10 Å². The van der Waals surface area contributed by atoms with Crippen LogP contribution in [0.1, 0.15) is 278 Å². The first-order chi connectivity index (χ1) is 41.0. The van der Waals surface area contributed by atoms with Gasteiger partial charge >= 0.3 is 17.9 Å². The Morgan fingerprint density at radius 1 is 0.253 bits per heavy atom. The van der Waals surface area contributed by atoms with Crippen molar-refractivity contribution in [2.75, 3.05) is 13.2 Å².